The van der Waals surface area contributed by atoms with Crippen molar-refractivity contribution >= 4 is 52.4 Å². The highest BCUT2D eigenvalue weighted by atomic mass is 35.5. The van der Waals surface area contributed by atoms with Crippen LogP contribution in [0, 0.1) is 6.92 Å². The third kappa shape index (κ3) is 7.14. The van der Waals surface area contributed by atoms with E-state index in [0.29, 0.717) is 38.4 Å². The molecule has 0 unspecified atom stereocenters. The van der Waals surface area contributed by atoms with Crippen molar-refractivity contribution in [3.05, 3.63) is 98.0 Å². The number of aliphatic hydroxyl groups excluding tert-OH is 1. The molecule has 3 aromatic carbocycles. The van der Waals surface area contributed by atoms with Crippen LogP contribution in [0.15, 0.2) is 60.7 Å². The molecular weight excluding hydrogens is 521 g/mol. The Labute approximate surface area is 226 Å². The molecule has 3 amide bonds. The lowest BCUT2D eigenvalue weighted by Gasteiger charge is -2.29. The second-order valence-electron chi connectivity index (χ2n) is 8.68. The SMILES string of the molecule is Cc1cccc(Cl)c1C(=O)NCc1ccc(NC(=O)N(C[C@@H](O)c2ccc(Cl)c(Cl)c2)C(C)C)cc1. The summed E-state index contributed by atoms with van der Waals surface area (Å²) in [6, 6.07) is 16.9. The van der Waals surface area contributed by atoms with Crippen molar-refractivity contribution in [3.8, 4) is 0 Å². The van der Waals surface area contributed by atoms with E-state index in [1.807, 2.05) is 39.0 Å². The molecule has 6 nitrogen and oxygen atoms in total. The van der Waals surface area contributed by atoms with Crippen LogP contribution < -0.4 is 10.6 Å². The second-order valence-corrected chi connectivity index (χ2v) is 9.90. The van der Waals surface area contributed by atoms with Crippen molar-refractivity contribution in [3.63, 3.8) is 0 Å². The minimum Gasteiger partial charge on any atom is -0.387 e. The number of carbonyl (C=O) groups excluding carboxylic acids is 2. The quantitative estimate of drug-likeness (QED) is 0.288. The molecule has 0 fully saturated rings. The number of rotatable bonds is 8. The summed E-state index contributed by atoms with van der Waals surface area (Å²) in [6.45, 7) is 5.96. The number of anilines is 1. The third-order valence-corrected chi connectivity index (χ3v) is 6.74. The maximum absolute atomic E-state index is 12.9. The van der Waals surface area contributed by atoms with E-state index in [1.165, 1.54) is 4.90 Å². The Kier molecular flexibility index (Phi) is 9.63. The van der Waals surface area contributed by atoms with Gasteiger partial charge in [-0.25, -0.2) is 4.79 Å². The van der Waals surface area contributed by atoms with Gasteiger partial charge in [-0.05, 0) is 67.8 Å². The molecule has 0 aliphatic rings. The Morgan fingerprint density at radius 1 is 0.944 bits per heavy atom. The summed E-state index contributed by atoms with van der Waals surface area (Å²) >= 11 is 18.2. The predicted molar refractivity (Wildman–Crippen MR) is 146 cm³/mol. The average Bonchev–Trinajstić information content (AvgIpc) is 2.83. The molecular formula is C27H28Cl3N3O3. The van der Waals surface area contributed by atoms with Gasteiger partial charge in [-0.3, -0.25) is 4.79 Å². The molecule has 0 saturated heterocycles. The molecule has 1 atom stereocenters. The van der Waals surface area contributed by atoms with E-state index < -0.39 is 6.10 Å². The lowest BCUT2D eigenvalue weighted by molar-refractivity contribution is 0.0950. The first kappa shape index (κ1) is 27.8. The molecule has 36 heavy (non-hydrogen) atoms. The number of urea groups is 1. The van der Waals surface area contributed by atoms with Crippen LogP contribution in [-0.2, 0) is 6.54 Å². The molecule has 0 bridgehead atoms. The highest BCUT2D eigenvalue weighted by molar-refractivity contribution is 6.42. The summed E-state index contributed by atoms with van der Waals surface area (Å²) < 4.78 is 0. The molecule has 0 spiro atoms. The van der Waals surface area contributed by atoms with Crippen LogP contribution in [0.4, 0.5) is 10.5 Å². The van der Waals surface area contributed by atoms with Crippen LogP contribution >= 0.6 is 34.8 Å². The summed E-state index contributed by atoms with van der Waals surface area (Å²) in [6.07, 6.45) is -0.930. The number of benzene rings is 3. The van der Waals surface area contributed by atoms with Gasteiger partial charge in [-0.2, -0.15) is 0 Å². The zero-order valence-corrected chi connectivity index (χ0v) is 22.5. The van der Waals surface area contributed by atoms with E-state index in [2.05, 4.69) is 10.6 Å². The number of aliphatic hydroxyl groups is 1. The summed E-state index contributed by atoms with van der Waals surface area (Å²) in [5.41, 5.74) is 3.28. The molecule has 3 aromatic rings. The number of carbonyl (C=O) groups is 2. The molecule has 0 saturated carbocycles. The zero-order chi connectivity index (χ0) is 26.4. The monoisotopic (exact) mass is 547 g/mol. The smallest absolute Gasteiger partial charge is 0.322 e. The molecule has 9 heteroatoms. The fourth-order valence-electron chi connectivity index (χ4n) is 3.63. The second kappa shape index (κ2) is 12.5. The Morgan fingerprint density at radius 2 is 1.64 bits per heavy atom. The molecule has 0 aliphatic heterocycles. The van der Waals surface area contributed by atoms with Gasteiger partial charge in [0.05, 0.1) is 33.3 Å². The first-order valence-corrected chi connectivity index (χ1v) is 12.5. The van der Waals surface area contributed by atoms with E-state index in [0.717, 1.165) is 11.1 Å². The molecule has 0 aliphatic carbocycles. The van der Waals surface area contributed by atoms with Crippen LogP contribution in [0.2, 0.25) is 15.1 Å². The maximum atomic E-state index is 12.9. The van der Waals surface area contributed by atoms with Gasteiger partial charge in [-0.1, -0.05) is 65.1 Å². The molecule has 0 radical (unpaired) electrons. The minimum absolute atomic E-state index is 0.0764. The standard InChI is InChI=1S/C27H28Cl3N3O3/c1-16(2)33(15-24(34)19-9-12-21(28)23(30)13-19)27(36)32-20-10-7-18(8-11-20)14-31-26(35)25-17(3)5-4-6-22(25)29/h4-13,16,24,34H,14-15H2,1-3H3,(H,31,35)(H,32,36)/t24-/m1/s1. The predicted octanol–water partition coefficient (Wildman–Crippen LogP) is 6.86. The van der Waals surface area contributed by atoms with Crippen molar-refractivity contribution in [2.75, 3.05) is 11.9 Å². The first-order chi connectivity index (χ1) is 17.1. The van der Waals surface area contributed by atoms with Gasteiger partial charge in [0.25, 0.3) is 5.91 Å². The highest BCUT2D eigenvalue weighted by Crippen LogP contribution is 2.26. The lowest BCUT2D eigenvalue weighted by Crippen LogP contribution is -2.42. The van der Waals surface area contributed by atoms with Gasteiger partial charge >= 0.3 is 6.03 Å². The number of hydrogen-bond acceptors (Lipinski definition) is 3. The zero-order valence-electron chi connectivity index (χ0n) is 20.2. The number of nitrogens with zero attached hydrogens (tertiary/aromatic N) is 1. The van der Waals surface area contributed by atoms with Gasteiger partial charge in [0.15, 0.2) is 0 Å². The van der Waals surface area contributed by atoms with E-state index in [9.17, 15) is 14.7 Å². The van der Waals surface area contributed by atoms with Crippen molar-refractivity contribution in [2.45, 2.75) is 39.5 Å². The summed E-state index contributed by atoms with van der Waals surface area (Å²) in [5, 5.41) is 17.5. The number of hydrogen-bond donors (Lipinski definition) is 3. The van der Waals surface area contributed by atoms with Crippen LogP contribution in [0.25, 0.3) is 0 Å². The molecule has 190 valence electrons. The van der Waals surface area contributed by atoms with Crippen molar-refractivity contribution in [1.82, 2.24) is 10.2 Å². The first-order valence-electron chi connectivity index (χ1n) is 11.4. The average molecular weight is 549 g/mol. The highest BCUT2D eigenvalue weighted by Gasteiger charge is 2.22. The molecule has 0 aromatic heterocycles. The van der Waals surface area contributed by atoms with E-state index in [4.69, 9.17) is 34.8 Å². The van der Waals surface area contributed by atoms with Crippen LogP contribution in [0.3, 0.4) is 0 Å². The number of amides is 3. The van der Waals surface area contributed by atoms with Crippen LogP contribution in [0.1, 0.15) is 47.0 Å². The maximum Gasteiger partial charge on any atom is 0.322 e. The fraction of sp³-hybridized carbons (Fsp3) is 0.259. The minimum atomic E-state index is -0.930. The Morgan fingerprint density at radius 3 is 2.25 bits per heavy atom. The van der Waals surface area contributed by atoms with Gasteiger partial charge in [-0.15, -0.1) is 0 Å². The lowest BCUT2D eigenvalue weighted by atomic mass is 10.1. The van der Waals surface area contributed by atoms with Crippen LogP contribution in [0.5, 0.6) is 0 Å². The summed E-state index contributed by atoms with van der Waals surface area (Å²) in [5.74, 6) is -0.247. The number of nitrogens with one attached hydrogen (secondary N) is 2. The Hall–Kier alpha value is -2.77. The molecule has 3 N–H and O–H groups in total. The van der Waals surface area contributed by atoms with Gasteiger partial charge < -0.3 is 20.6 Å². The molecule has 0 heterocycles. The van der Waals surface area contributed by atoms with E-state index >= 15 is 0 Å². The number of aryl methyl sites for hydroxylation is 1. The Balaban J connectivity index is 1.60. The van der Waals surface area contributed by atoms with E-state index in [-0.39, 0.29) is 24.5 Å². The third-order valence-electron chi connectivity index (χ3n) is 5.69. The Bertz CT molecular complexity index is 1210. The van der Waals surface area contributed by atoms with Crippen molar-refractivity contribution in [2.24, 2.45) is 0 Å². The summed E-state index contributed by atoms with van der Waals surface area (Å²) in [4.78, 5) is 27.0. The van der Waals surface area contributed by atoms with Gasteiger partial charge in [0, 0.05) is 18.3 Å². The largest absolute Gasteiger partial charge is 0.387 e. The van der Waals surface area contributed by atoms with E-state index in [1.54, 1.807) is 42.5 Å². The normalized spacial score (nSPS) is 11.8. The van der Waals surface area contributed by atoms with Crippen molar-refractivity contribution < 1.29 is 14.7 Å². The van der Waals surface area contributed by atoms with Crippen molar-refractivity contribution in [1.29, 1.82) is 0 Å². The van der Waals surface area contributed by atoms with Gasteiger partial charge in [0.2, 0.25) is 0 Å². The number of halogens is 3. The topological polar surface area (TPSA) is 81.7 Å². The van der Waals surface area contributed by atoms with Crippen LogP contribution in [-0.4, -0.2) is 34.5 Å². The molecule has 3 rings (SSSR count). The van der Waals surface area contributed by atoms with Gasteiger partial charge in [0.1, 0.15) is 0 Å². The fourth-order valence-corrected chi connectivity index (χ4v) is 4.25. The summed E-state index contributed by atoms with van der Waals surface area (Å²) in [7, 11) is 0.